The van der Waals surface area contributed by atoms with Crippen molar-refractivity contribution in [1.82, 2.24) is 14.1 Å². The van der Waals surface area contributed by atoms with Gasteiger partial charge in [-0.05, 0) is 58.7 Å². The molecule has 0 amide bonds. The molecule has 5 rings (SSSR count). The first-order chi connectivity index (χ1) is 16.3. The van der Waals surface area contributed by atoms with Gasteiger partial charge in [0.1, 0.15) is 4.87 Å². The summed E-state index contributed by atoms with van der Waals surface area (Å²) in [7, 11) is 3.68. The van der Waals surface area contributed by atoms with Gasteiger partial charge in [0.25, 0.3) is 5.56 Å². The highest BCUT2D eigenvalue weighted by molar-refractivity contribution is 6.31. The first-order valence-electron chi connectivity index (χ1n) is 10.6. The summed E-state index contributed by atoms with van der Waals surface area (Å²) in [5, 5.41) is 2.12. The molecule has 0 aliphatic rings. The van der Waals surface area contributed by atoms with Gasteiger partial charge < -0.3 is 9.13 Å². The van der Waals surface area contributed by atoms with E-state index in [0.29, 0.717) is 10.0 Å². The summed E-state index contributed by atoms with van der Waals surface area (Å²) in [5.74, 6) is 0. The predicted molar refractivity (Wildman–Crippen MR) is 140 cm³/mol. The Labute approximate surface area is 212 Å². The molecule has 2 heterocycles. The number of alkyl halides is 1. The highest BCUT2D eigenvalue weighted by atomic mass is 35.5. The van der Waals surface area contributed by atoms with Crippen LogP contribution in [0.1, 0.15) is 16.8 Å². The average molecular weight is 509 g/mol. The van der Waals surface area contributed by atoms with Crippen LogP contribution in [0.3, 0.4) is 0 Å². The number of rotatable bonds is 4. The van der Waals surface area contributed by atoms with Crippen LogP contribution in [-0.2, 0) is 19.0 Å². The van der Waals surface area contributed by atoms with Crippen LogP contribution in [-0.4, -0.2) is 14.1 Å². The van der Waals surface area contributed by atoms with Crippen molar-refractivity contribution in [1.29, 1.82) is 0 Å². The van der Waals surface area contributed by atoms with Crippen molar-refractivity contribution < 1.29 is 0 Å². The maximum absolute atomic E-state index is 12.8. The van der Waals surface area contributed by atoms with Crippen LogP contribution in [0.4, 0.5) is 0 Å². The molecule has 1 atom stereocenters. The third-order valence-electron chi connectivity index (χ3n) is 6.19. The van der Waals surface area contributed by atoms with Crippen molar-refractivity contribution in [3.8, 4) is 11.1 Å². The lowest BCUT2D eigenvalue weighted by Crippen LogP contribution is -2.25. The molecule has 0 N–H and O–H groups in total. The van der Waals surface area contributed by atoms with E-state index >= 15 is 0 Å². The Morgan fingerprint density at radius 3 is 2.26 bits per heavy atom. The molecule has 5 aromatic rings. The van der Waals surface area contributed by atoms with Crippen LogP contribution in [0, 0.1) is 0 Å². The predicted octanol–water partition coefficient (Wildman–Crippen LogP) is 6.78. The summed E-state index contributed by atoms with van der Waals surface area (Å²) in [4.78, 5) is 16.0. The number of pyridine rings is 1. The fraction of sp³-hybridized carbons (Fsp3) is 0.111. The molecule has 0 spiro atoms. The summed E-state index contributed by atoms with van der Waals surface area (Å²) in [5.41, 5.74) is 4.86. The number of imidazole rings is 1. The van der Waals surface area contributed by atoms with E-state index in [1.165, 1.54) is 0 Å². The summed E-state index contributed by atoms with van der Waals surface area (Å²) in [6, 6.07) is 22.6. The molecule has 0 bridgehead atoms. The molecule has 0 saturated heterocycles. The first kappa shape index (κ1) is 22.7. The molecule has 1 unspecified atom stereocenters. The van der Waals surface area contributed by atoms with Crippen molar-refractivity contribution in [2.24, 2.45) is 14.1 Å². The standard InChI is InChI=1S/C27H20Cl3N3O/c1-32-16-31-15-25(32)27(30,18-6-9-20(28)10-7-18)19-8-11-24-23(13-19)22(14-26(34)33(24)2)17-4-3-5-21(29)12-17/h3-16H,1-2H3. The number of hydrogen-bond donors (Lipinski definition) is 0. The third-order valence-corrected chi connectivity index (χ3v) is 7.31. The number of nitrogens with zero attached hydrogens (tertiary/aromatic N) is 3. The zero-order valence-corrected chi connectivity index (χ0v) is 20.7. The maximum Gasteiger partial charge on any atom is 0.251 e. The summed E-state index contributed by atoms with van der Waals surface area (Å²) >= 11 is 20.0. The number of aromatic nitrogens is 3. The van der Waals surface area contributed by atoms with Gasteiger partial charge in [-0.2, -0.15) is 0 Å². The molecule has 7 heteroatoms. The molecular weight excluding hydrogens is 489 g/mol. The number of halogens is 3. The van der Waals surface area contributed by atoms with Gasteiger partial charge in [0, 0.05) is 35.6 Å². The molecule has 3 aromatic carbocycles. The zero-order chi connectivity index (χ0) is 24.0. The first-order valence-corrected chi connectivity index (χ1v) is 11.7. The van der Waals surface area contributed by atoms with Crippen molar-refractivity contribution in [3.05, 3.63) is 123 Å². The number of fused-ring (bicyclic) bond motifs is 1. The normalized spacial score (nSPS) is 13.2. The highest BCUT2D eigenvalue weighted by Gasteiger charge is 2.37. The van der Waals surface area contributed by atoms with Crippen molar-refractivity contribution in [2.45, 2.75) is 4.87 Å². The van der Waals surface area contributed by atoms with E-state index in [1.807, 2.05) is 78.3 Å². The molecule has 0 radical (unpaired) electrons. The van der Waals surface area contributed by atoms with Gasteiger partial charge in [-0.1, -0.05) is 53.5 Å². The lowest BCUT2D eigenvalue weighted by Gasteiger charge is -2.29. The Morgan fingerprint density at radius 1 is 0.853 bits per heavy atom. The quantitative estimate of drug-likeness (QED) is 0.251. The number of benzene rings is 3. The van der Waals surface area contributed by atoms with E-state index < -0.39 is 4.87 Å². The molecule has 170 valence electrons. The lowest BCUT2D eigenvalue weighted by molar-refractivity contribution is 0.746. The maximum atomic E-state index is 12.8. The van der Waals surface area contributed by atoms with Crippen LogP contribution in [0.2, 0.25) is 10.0 Å². The molecule has 34 heavy (non-hydrogen) atoms. The molecule has 0 saturated carbocycles. The van der Waals surface area contributed by atoms with E-state index in [2.05, 4.69) is 4.98 Å². The van der Waals surface area contributed by atoms with Crippen molar-refractivity contribution >= 4 is 45.7 Å². The smallest absolute Gasteiger partial charge is 0.251 e. The molecule has 4 nitrogen and oxygen atoms in total. The summed E-state index contributed by atoms with van der Waals surface area (Å²) < 4.78 is 3.54. The van der Waals surface area contributed by atoms with Gasteiger partial charge in [0.05, 0.1) is 23.7 Å². The van der Waals surface area contributed by atoms with Gasteiger partial charge in [0.2, 0.25) is 0 Å². The lowest BCUT2D eigenvalue weighted by atomic mass is 9.86. The van der Waals surface area contributed by atoms with Gasteiger partial charge in [-0.3, -0.25) is 4.79 Å². The van der Waals surface area contributed by atoms with E-state index in [-0.39, 0.29) is 5.56 Å². The fourth-order valence-corrected chi connectivity index (χ4v) is 5.14. The van der Waals surface area contributed by atoms with E-state index in [1.54, 1.807) is 30.2 Å². The molecule has 0 aliphatic heterocycles. The minimum Gasteiger partial charge on any atom is -0.336 e. The number of aryl methyl sites for hydroxylation is 2. The van der Waals surface area contributed by atoms with Crippen molar-refractivity contribution in [3.63, 3.8) is 0 Å². The van der Waals surface area contributed by atoms with Gasteiger partial charge >= 0.3 is 0 Å². The van der Waals surface area contributed by atoms with Gasteiger partial charge in [0.15, 0.2) is 0 Å². The second-order valence-electron chi connectivity index (χ2n) is 8.25. The number of hydrogen-bond acceptors (Lipinski definition) is 2. The topological polar surface area (TPSA) is 39.8 Å². The summed E-state index contributed by atoms with van der Waals surface area (Å²) in [6.45, 7) is 0. The minimum atomic E-state index is -1.04. The minimum absolute atomic E-state index is 0.100. The average Bonchev–Trinajstić information content (AvgIpc) is 3.27. The van der Waals surface area contributed by atoms with E-state index in [4.69, 9.17) is 34.8 Å². The summed E-state index contributed by atoms with van der Waals surface area (Å²) in [6.07, 6.45) is 3.49. The molecular formula is C27H20Cl3N3O. The van der Waals surface area contributed by atoms with Gasteiger partial charge in [-0.15, -0.1) is 11.6 Å². The Morgan fingerprint density at radius 2 is 1.59 bits per heavy atom. The SMILES string of the molecule is Cn1cncc1C(Cl)(c1ccc(Cl)cc1)c1ccc2c(c1)c(-c1cccc(Cl)c1)cc(=O)n2C. The zero-order valence-electron chi connectivity index (χ0n) is 18.5. The fourth-order valence-electron chi connectivity index (χ4n) is 4.40. The Hall–Kier alpha value is -3.05. The van der Waals surface area contributed by atoms with Crippen LogP contribution in [0.5, 0.6) is 0 Å². The van der Waals surface area contributed by atoms with E-state index in [0.717, 1.165) is 38.9 Å². The van der Waals surface area contributed by atoms with Crippen LogP contribution in [0.25, 0.3) is 22.0 Å². The van der Waals surface area contributed by atoms with E-state index in [9.17, 15) is 4.79 Å². The Balaban J connectivity index is 1.84. The van der Waals surface area contributed by atoms with Crippen molar-refractivity contribution in [2.75, 3.05) is 0 Å². The van der Waals surface area contributed by atoms with Crippen LogP contribution < -0.4 is 5.56 Å². The second kappa shape index (κ2) is 8.62. The molecule has 0 fully saturated rings. The highest BCUT2D eigenvalue weighted by Crippen LogP contribution is 2.44. The third kappa shape index (κ3) is 3.72. The van der Waals surface area contributed by atoms with Gasteiger partial charge in [-0.25, -0.2) is 4.98 Å². The Bertz CT molecular complexity index is 1590. The molecule has 2 aromatic heterocycles. The Kier molecular flexibility index (Phi) is 5.76. The molecule has 0 aliphatic carbocycles. The van der Waals surface area contributed by atoms with Crippen LogP contribution in [0.15, 0.2) is 90.1 Å². The second-order valence-corrected chi connectivity index (χ2v) is 9.69. The van der Waals surface area contributed by atoms with Crippen LogP contribution >= 0.6 is 34.8 Å². The monoisotopic (exact) mass is 507 g/mol. The largest absolute Gasteiger partial charge is 0.336 e.